The van der Waals surface area contributed by atoms with E-state index < -0.39 is 0 Å². The van der Waals surface area contributed by atoms with Gasteiger partial charge in [-0.2, -0.15) is 0 Å². The normalized spacial score (nSPS) is 11.9. The molecule has 0 aliphatic rings. The van der Waals surface area contributed by atoms with Gasteiger partial charge in [0.1, 0.15) is 5.82 Å². The summed E-state index contributed by atoms with van der Waals surface area (Å²) in [4.78, 5) is 0. The van der Waals surface area contributed by atoms with Gasteiger partial charge in [0.05, 0.1) is 0 Å². The van der Waals surface area contributed by atoms with Gasteiger partial charge in [0, 0.05) is 17.1 Å². The van der Waals surface area contributed by atoms with Crippen LogP contribution in [0.2, 0.25) is 5.02 Å². The largest absolute Gasteiger partial charge is 0.313 e. The summed E-state index contributed by atoms with van der Waals surface area (Å²) in [6.45, 7) is 5.87. The molecule has 16 heavy (non-hydrogen) atoms. The predicted octanol–water partition coefficient (Wildman–Crippen LogP) is 3.88. The minimum Gasteiger partial charge on any atom is -0.313 e. The number of halogens is 2. The Bertz CT molecular complexity index is 374. The molecule has 1 nitrogen and oxygen atoms in total. The van der Waals surface area contributed by atoms with Crippen LogP contribution in [0.15, 0.2) is 23.8 Å². The summed E-state index contributed by atoms with van der Waals surface area (Å²) in [6.07, 6.45) is 2.94. The van der Waals surface area contributed by atoms with Crippen LogP contribution in [0.1, 0.15) is 25.8 Å². The smallest absolute Gasteiger partial charge is 0.131 e. The summed E-state index contributed by atoms with van der Waals surface area (Å²) >= 11 is 5.68. The first kappa shape index (κ1) is 13.2. The fourth-order valence-corrected chi connectivity index (χ4v) is 1.56. The lowest BCUT2D eigenvalue weighted by Gasteiger charge is -2.04. The minimum atomic E-state index is -0.276. The summed E-state index contributed by atoms with van der Waals surface area (Å²) in [5, 5.41) is 3.70. The molecular weight excluding hydrogens is 225 g/mol. The van der Waals surface area contributed by atoms with Gasteiger partial charge >= 0.3 is 0 Å². The van der Waals surface area contributed by atoms with Gasteiger partial charge in [-0.3, -0.25) is 0 Å². The van der Waals surface area contributed by atoms with Crippen LogP contribution in [-0.2, 0) is 0 Å². The van der Waals surface area contributed by atoms with Crippen molar-refractivity contribution >= 4 is 17.7 Å². The lowest BCUT2D eigenvalue weighted by atomic mass is 10.1. The number of hydrogen-bond acceptors (Lipinski definition) is 1. The molecule has 1 aromatic rings. The molecule has 1 rings (SSSR count). The first-order valence-electron chi connectivity index (χ1n) is 5.46. The summed E-state index contributed by atoms with van der Waals surface area (Å²) in [5.41, 5.74) is 1.69. The first-order chi connectivity index (χ1) is 7.63. The fourth-order valence-electron chi connectivity index (χ4n) is 1.40. The molecule has 0 saturated heterocycles. The second kappa shape index (κ2) is 6.66. The maximum Gasteiger partial charge on any atom is 0.131 e. The topological polar surface area (TPSA) is 12.0 Å². The van der Waals surface area contributed by atoms with Crippen molar-refractivity contribution in [3.05, 3.63) is 40.2 Å². The molecule has 0 radical (unpaired) electrons. The molecular formula is C13H17ClFN. The molecule has 0 atom stereocenters. The average Bonchev–Trinajstić information content (AvgIpc) is 2.23. The number of nitrogens with one attached hydrogen (secondary N) is 1. The zero-order chi connectivity index (χ0) is 12.0. The van der Waals surface area contributed by atoms with E-state index in [9.17, 15) is 4.39 Å². The predicted molar refractivity (Wildman–Crippen MR) is 68.2 cm³/mol. The van der Waals surface area contributed by atoms with Crippen LogP contribution in [0.4, 0.5) is 4.39 Å². The highest BCUT2D eigenvalue weighted by Crippen LogP contribution is 2.16. The summed E-state index contributed by atoms with van der Waals surface area (Å²) < 4.78 is 13.4. The molecule has 0 aromatic heterocycles. The second-order valence-corrected chi connectivity index (χ2v) is 4.27. The quantitative estimate of drug-likeness (QED) is 0.772. The van der Waals surface area contributed by atoms with Crippen molar-refractivity contribution in [3.8, 4) is 0 Å². The molecule has 0 heterocycles. The van der Waals surface area contributed by atoms with Crippen LogP contribution < -0.4 is 5.32 Å². The van der Waals surface area contributed by atoms with Crippen molar-refractivity contribution in [1.29, 1.82) is 0 Å². The Morgan fingerprint density at radius 2 is 2.25 bits per heavy atom. The summed E-state index contributed by atoms with van der Waals surface area (Å²) in [7, 11) is 0. The number of rotatable bonds is 5. The van der Waals surface area contributed by atoms with E-state index in [0.717, 1.165) is 25.1 Å². The minimum absolute atomic E-state index is 0.276. The molecule has 0 unspecified atom stereocenters. The number of hydrogen-bond donors (Lipinski definition) is 1. The van der Waals surface area contributed by atoms with Crippen LogP contribution >= 0.6 is 11.6 Å². The molecule has 0 amide bonds. The van der Waals surface area contributed by atoms with Gasteiger partial charge in [0.15, 0.2) is 0 Å². The summed E-state index contributed by atoms with van der Waals surface area (Å²) in [5.74, 6) is -0.276. The Kier molecular flexibility index (Phi) is 5.50. The Hall–Kier alpha value is -0.860. The Morgan fingerprint density at radius 3 is 2.88 bits per heavy atom. The highest BCUT2D eigenvalue weighted by molar-refractivity contribution is 6.30. The Balaban J connectivity index is 2.66. The van der Waals surface area contributed by atoms with Gasteiger partial charge in [-0.05, 0) is 32.0 Å². The van der Waals surface area contributed by atoms with Gasteiger partial charge in [-0.1, -0.05) is 36.2 Å². The van der Waals surface area contributed by atoms with Crippen LogP contribution in [0, 0.1) is 5.82 Å². The summed E-state index contributed by atoms with van der Waals surface area (Å²) in [6, 6.07) is 4.73. The molecule has 0 bridgehead atoms. The van der Waals surface area contributed by atoms with E-state index in [1.54, 1.807) is 12.1 Å². The van der Waals surface area contributed by atoms with Gasteiger partial charge in [0.2, 0.25) is 0 Å². The molecule has 1 aromatic carbocycles. The van der Waals surface area contributed by atoms with Crippen molar-refractivity contribution in [2.75, 3.05) is 13.1 Å². The van der Waals surface area contributed by atoms with E-state index in [1.807, 2.05) is 13.0 Å². The molecule has 0 aliphatic heterocycles. The van der Waals surface area contributed by atoms with Crippen LogP contribution in [0.3, 0.4) is 0 Å². The van der Waals surface area contributed by atoms with E-state index in [-0.39, 0.29) is 5.82 Å². The highest BCUT2D eigenvalue weighted by atomic mass is 35.5. The standard InChI is InChI=1S/C13H17ClFN/c1-3-6-16-9-10(2)7-11-4-5-12(14)8-13(11)15/h4-5,7-8,16H,3,6,9H2,1-2H3/b10-7+. The van der Waals surface area contributed by atoms with Crippen molar-refractivity contribution < 1.29 is 4.39 Å². The fraction of sp³-hybridized carbons (Fsp3) is 0.385. The monoisotopic (exact) mass is 241 g/mol. The molecule has 1 N–H and O–H groups in total. The van der Waals surface area contributed by atoms with Crippen molar-refractivity contribution in [2.45, 2.75) is 20.3 Å². The lowest BCUT2D eigenvalue weighted by Crippen LogP contribution is -2.16. The molecule has 3 heteroatoms. The van der Waals surface area contributed by atoms with Gasteiger partial charge in [-0.25, -0.2) is 4.39 Å². The molecule has 88 valence electrons. The average molecular weight is 242 g/mol. The Labute approximate surface area is 101 Å². The van der Waals surface area contributed by atoms with E-state index in [0.29, 0.717) is 10.6 Å². The maximum atomic E-state index is 13.4. The van der Waals surface area contributed by atoms with Gasteiger partial charge < -0.3 is 5.32 Å². The molecule has 0 spiro atoms. The third kappa shape index (κ3) is 4.33. The third-order valence-electron chi connectivity index (χ3n) is 2.20. The van der Waals surface area contributed by atoms with Crippen LogP contribution in [0.25, 0.3) is 6.08 Å². The van der Waals surface area contributed by atoms with Gasteiger partial charge in [0.25, 0.3) is 0 Å². The zero-order valence-corrected chi connectivity index (χ0v) is 10.4. The molecule has 0 aliphatic carbocycles. The van der Waals surface area contributed by atoms with Crippen LogP contribution in [-0.4, -0.2) is 13.1 Å². The first-order valence-corrected chi connectivity index (χ1v) is 5.84. The maximum absolute atomic E-state index is 13.4. The van der Waals surface area contributed by atoms with Crippen LogP contribution in [0.5, 0.6) is 0 Å². The van der Waals surface area contributed by atoms with E-state index in [2.05, 4.69) is 12.2 Å². The lowest BCUT2D eigenvalue weighted by molar-refractivity contribution is 0.625. The number of benzene rings is 1. The Morgan fingerprint density at radius 1 is 1.50 bits per heavy atom. The molecule has 0 fully saturated rings. The highest BCUT2D eigenvalue weighted by Gasteiger charge is 2.00. The van der Waals surface area contributed by atoms with Crippen molar-refractivity contribution in [2.24, 2.45) is 0 Å². The third-order valence-corrected chi connectivity index (χ3v) is 2.43. The zero-order valence-electron chi connectivity index (χ0n) is 9.69. The van der Waals surface area contributed by atoms with E-state index in [1.165, 1.54) is 6.07 Å². The van der Waals surface area contributed by atoms with Crippen molar-refractivity contribution in [1.82, 2.24) is 5.32 Å². The van der Waals surface area contributed by atoms with Gasteiger partial charge in [-0.15, -0.1) is 0 Å². The van der Waals surface area contributed by atoms with E-state index in [4.69, 9.17) is 11.6 Å². The molecule has 0 saturated carbocycles. The SMILES string of the molecule is CCCNC/C(C)=C/c1ccc(Cl)cc1F. The second-order valence-electron chi connectivity index (χ2n) is 3.83. The van der Waals surface area contributed by atoms with E-state index >= 15 is 0 Å². The van der Waals surface area contributed by atoms with Crippen molar-refractivity contribution in [3.63, 3.8) is 0 Å².